The van der Waals surface area contributed by atoms with Crippen LogP contribution in [0.4, 0.5) is 10.1 Å². The number of likely N-dealkylation sites (tertiary alicyclic amines) is 1. The van der Waals surface area contributed by atoms with Crippen molar-refractivity contribution in [1.29, 1.82) is 0 Å². The molecule has 0 saturated carbocycles. The zero-order valence-electron chi connectivity index (χ0n) is 17.8. The lowest BCUT2D eigenvalue weighted by Crippen LogP contribution is -2.55. The highest BCUT2D eigenvalue weighted by molar-refractivity contribution is 5.94. The van der Waals surface area contributed by atoms with E-state index in [2.05, 4.69) is 9.80 Å². The zero-order valence-corrected chi connectivity index (χ0v) is 17.8. The van der Waals surface area contributed by atoms with E-state index in [9.17, 15) is 9.18 Å². The van der Waals surface area contributed by atoms with Crippen molar-refractivity contribution in [1.82, 2.24) is 9.80 Å². The molecule has 2 aliphatic rings. The lowest BCUT2D eigenvalue weighted by atomic mass is 10.0. The number of aryl methyl sites for hydroxylation is 1. The molecule has 2 aromatic carbocycles. The standard InChI is InChI=1S/C24H30FN3O2/c1-18-5-6-19(16-23(18)30-2)24(29)28-11-3-4-22(17-28)27-14-12-26(13-15-27)21-9-7-20(25)8-10-21/h5-10,16,22H,3-4,11-15,17H2,1-2H3/t22-/m1/s1. The van der Waals surface area contributed by atoms with Crippen LogP contribution in [-0.2, 0) is 0 Å². The van der Waals surface area contributed by atoms with Gasteiger partial charge in [-0.3, -0.25) is 9.69 Å². The summed E-state index contributed by atoms with van der Waals surface area (Å²) in [6.45, 7) is 7.32. The lowest BCUT2D eigenvalue weighted by molar-refractivity contribution is 0.0563. The maximum atomic E-state index is 13.2. The number of piperidine rings is 1. The summed E-state index contributed by atoms with van der Waals surface area (Å²) in [5, 5.41) is 0. The molecule has 0 spiro atoms. The Hall–Kier alpha value is -2.60. The second-order valence-corrected chi connectivity index (χ2v) is 8.23. The van der Waals surface area contributed by atoms with E-state index >= 15 is 0 Å². The third kappa shape index (κ3) is 4.43. The quantitative estimate of drug-likeness (QED) is 0.771. The van der Waals surface area contributed by atoms with Crippen molar-refractivity contribution in [2.24, 2.45) is 0 Å². The maximum Gasteiger partial charge on any atom is 0.254 e. The van der Waals surface area contributed by atoms with Gasteiger partial charge in [0.1, 0.15) is 11.6 Å². The van der Waals surface area contributed by atoms with Gasteiger partial charge in [0.15, 0.2) is 0 Å². The van der Waals surface area contributed by atoms with Crippen LogP contribution in [0.1, 0.15) is 28.8 Å². The summed E-state index contributed by atoms with van der Waals surface area (Å²) in [5.74, 6) is 0.643. The molecular weight excluding hydrogens is 381 g/mol. The number of carbonyl (C=O) groups excluding carboxylic acids is 1. The van der Waals surface area contributed by atoms with E-state index in [0.29, 0.717) is 11.6 Å². The molecule has 2 fully saturated rings. The Kier molecular flexibility index (Phi) is 6.23. The van der Waals surface area contributed by atoms with Crippen molar-refractivity contribution in [2.75, 3.05) is 51.3 Å². The number of halogens is 1. The average Bonchev–Trinajstić information content (AvgIpc) is 2.80. The Bertz CT molecular complexity index is 879. The minimum absolute atomic E-state index is 0.0861. The van der Waals surface area contributed by atoms with E-state index in [0.717, 1.165) is 69.1 Å². The molecule has 0 aromatic heterocycles. The molecule has 0 bridgehead atoms. The van der Waals surface area contributed by atoms with Crippen LogP contribution < -0.4 is 9.64 Å². The third-order valence-electron chi connectivity index (χ3n) is 6.36. The van der Waals surface area contributed by atoms with Crippen LogP contribution in [-0.4, -0.2) is 68.1 Å². The van der Waals surface area contributed by atoms with Crippen molar-refractivity contribution in [3.05, 3.63) is 59.4 Å². The van der Waals surface area contributed by atoms with Crippen molar-refractivity contribution in [3.8, 4) is 5.75 Å². The molecule has 2 aliphatic heterocycles. The number of hydrogen-bond acceptors (Lipinski definition) is 4. The van der Waals surface area contributed by atoms with E-state index in [1.807, 2.05) is 42.2 Å². The largest absolute Gasteiger partial charge is 0.496 e. The molecule has 0 unspecified atom stereocenters. The number of rotatable bonds is 4. The van der Waals surface area contributed by atoms with E-state index in [1.165, 1.54) is 12.1 Å². The summed E-state index contributed by atoms with van der Waals surface area (Å²) in [7, 11) is 1.64. The van der Waals surface area contributed by atoms with Gasteiger partial charge in [-0.15, -0.1) is 0 Å². The predicted octanol–water partition coefficient (Wildman–Crippen LogP) is 3.57. The van der Waals surface area contributed by atoms with Crippen LogP contribution in [0.3, 0.4) is 0 Å². The molecule has 0 N–H and O–H groups in total. The summed E-state index contributed by atoms with van der Waals surface area (Å²) in [6, 6.07) is 12.8. The Labute approximate surface area is 178 Å². The number of amides is 1. The van der Waals surface area contributed by atoms with Gasteiger partial charge in [0.25, 0.3) is 5.91 Å². The first-order valence-corrected chi connectivity index (χ1v) is 10.7. The summed E-state index contributed by atoms with van der Waals surface area (Å²) >= 11 is 0. The fraction of sp³-hybridized carbons (Fsp3) is 0.458. The van der Waals surface area contributed by atoms with Gasteiger partial charge >= 0.3 is 0 Å². The SMILES string of the molecule is COc1cc(C(=O)N2CCC[C@@H](N3CCN(c4ccc(F)cc4)CC3)C2)ccc1C. The van der Waals surface area contributed by atoms with Gasteiger partial charge in [0.05, 0.1) is 7.11 Å². The third-order valence-corrected chi connectivity index (χ3v) is 6.36. The minimum Gasteiger partial charge on any atom is -0.496 e. The van der Waals surface area contributed by atoms with Gasteiger partial charge in [-0.2, -0.15) is 0 Å². The van der Waals surface area contributed by atoms with Gasteiger partial charge in [-0.25, -0.2) is 4.39 Å². The second-order valence-electron chi connectivity index (χ2n) is 8.23. The first-order valence-electron chi connectivity index (χ1n) is 10.7. The van der Waals surface area contributed by atoms with Crippen molar-refractivity contribution in [2.45, 2.75) is 25.8 Å². The second kappa shape index (κ2) is 9.04. The van der Waals surface area contributed by atoms with Crippen LogP contribution in [0.25, 0.3) is 0 Å². The summed E-state index contributed by atoms with van der Waals surface area (Å²) < 4.78 is 18.6. The summed E-state index contributed by atoms with van der Waals surface area (Å²) in [5.41, 5.74) is 2.80. The number of nitrogens with zero attached hydrogens (tertiary/aromatic N) is 3. The number of methoxy groups -OCH3 is 1. The molecule has 2 heterocycles. The number of benzene rings is 2. The van der Waals surface area contributed by atoms with Crippen LogP contribution >= 0.6 is 0 Å². The Morgan fingerprint density at radius 2 is 1.77 bits per heavy atom. The molecule has 1 amide bonds. The first-order chi connectivity index (χ1) is 14.5. The molecule has 6 heteroatoms. The molecule has 2 aromatic rings. The maximum absolute atomic E-state index is 13.2. The summed E-state index contributed by atoms with van der Waals surface area (Å²) in [4.78, 5) is 19.9. The monoisotopic (exact) mass is 411 g/mol. The predicted molar refractivity (Wildman–Crippen MR) is 117 cm³/mol. The van der Waals surface area contributed by atoms with E-state index in [4.69, 9.17) is 4.74 Å². The number of ether oxygens (including phenoxy) is 1. The van der Waals surface area contributed by atoms with E-state index in [1.54, 1.807) is 7.11 Å². The minimum atomic E-state index is -0.199. The first kappa shape index (κ1) is 20.7. The highest BCUT2D eigenvalue weighted by Crippen LogP contribution is 2.24. The van der Waals surface area contributed by atoms with Crippen LogP contribution in [0.5, 0.6) is 5.75 Å². The topological polar surface area (TPSA) is 36.0 Å². The molecule has 5 nitrogen and oxygen atoms in total. The zero-order chi connectivity index (χ0) is 21.1. The van der Waals surface area contributed by atoms with Crippen LogP contribution in [0.2, 0.25) is 0 Å². The highest BCUT2D eigenvalue weighted by atomic mass is 19.1. The fourth-order valence-electron chi connectivity index (χ4n) is 4.57. The number of piperazine rings is 1. The van der Waals surface area contributed by atoms with Gasteiger partial charge in [-0.1, -0.05) is 6.07 Å². The van der Waals surface area contributed by atoms with Crippen LogP contribution in [0.15, 0.2) is 42.5 Å². The fourth-order valence-corrected chi connectivity index (χ4v) is 4.57. The van der Waals surface area contributed by atoms with Gasteiger partial charge in [0.2, 0.25) is 0 Å². The molecule has 30 heavy (non-hydrogen) atoms. The molecule has 4 rings (SSSR count). The Balaban J connectivity index is 1.36. The molecule has 2 saturated heterocycles. The molecule has 160 valence electrons. The number of anilines is 1. The van der Waals surface area contributed by atoms with Crippen molar-refractivity contribution >= 4 is 11.6 Å². The van der Waals surface area contributed by atoms with Crippen molar-refractivity contribution < 1.29 is 13.9 Å². The van der Waals surface area contributed by atoms with Gasteiger partial charge in [0, 0.05) is 56.6 Å². The van der Waals surface area contributed by atoms with Gasteiger partial charge in [-0.05, 0) is 61.7 Å². The van der Waals surface area contributed by atoms with Gasteiger partial charge < -0.3 is 14.5 Å². The average molecular weight is 412 g/mol. The normalized spacial score (nSPS) is 20.3. The van der Waals surface area contributed by atoms with Crippen LogP contribution in [0, 0.1) is 12.7 Å². The number of hydrogen-bond donors (Lipinski definition) is 0. The summed E-state index contributed by atoms with van der Waals surface area (Å²) in [6.07, 6.45) is 2.15. The molecule has 1 atom stereocenters. The Morgan fingerprint density at radius 3 is 2.47 bits per heavy atom. The van der Waals surface area contributed by atoms with E-state index < -0.39 is 0 Å². The lowest BCUT2D eigenvalue weighted by Gasteiger charge is -2.44. The Morgan fingerprint density at radius 1 is 1.03 bits per heavy atom. The molecular formula is C24H30FN3O2. The molecule has 0 radical (unpaired) electrons. The number of carbonyl (C=O) groups is 1. The van der Waals surface area contributed by atoms with Crippen molar-refractivity contribution in [3.63, 3.8) is 0 Å². The molecule has 0 aliphatic carbocycles. The highest BCUT2D eigenvalue weighted by Gasteiger charge is 2.30. The smallest absolute Gasteiger partial charge is 0.254 e. The van der Waals surface area contributed by atoms with E-state index in [-0.39, 0.29) is 11.7 Å².